The lowest BCUT2D eigenvalue weighted by atomic mass is 9.87. The zero-order chi connectivity index (χ0) is 12.3. The fourth-order valence-corrected chi connectivity index (χ4v) is 2.72. The summed E-state index contributed by atoms with van der Waals surface area (Å²) in [6, 6.07) is 5.86. The molecule has 0 saturated heterocycles. The molecule has 1 amide bonds. The highest BCUT2D eigenvalue weighted by molar-refractivity contribution is 7.17. The van der Waals surface area contributed by atoms with Crippen molar-refractivity contribution in [3.8, 4) is 0 Å². The predicted molar refractivity (Wildman–Crippen MR) is 71.8 cm³/mol. The zero-order valence-electron chi connectivity index (χ0n) is 9.56. The maximum Gasteiger partial charge on any atom is 0.326 e. The molecule has 2 N–H and O–H groups in total. The van der Waals surface area contributed by atoms with Crippen LogP contribution in [0.3, 0.4) is 0 Å². The van der Waals surface area contributed by atoms with Crippen molar-refractivity contribution < 1.29 is 9.82 Å². The van der Waals surface area contributed by atoms with Crippen molar-refractivity contribution in [1.82, 2.24) is 5.32 Å². The van der Waals surface area contributed by atoms with Gasteiger partial charge in [-0.05, 0) is 28.8 Å². The van der Waals surface area contributed by atoms with Crippen LogP contribution in [0.5, 0.6) is 0 Å². The number of fused-ring (bicyclic) bond motifs is 1. The second-order valence-corrected chi connectivity index (χ2v) is 4.79. The van der Waals surface area contributed by atoms with Gasteiger partial charge in [0.15, 0.2) is 0 Å². The van der Waals surface area contributed by atoms with Crippen LogP contribution in [-0.4, -0.2) is 25.0 Å². The summed E-state index contributed by atoms with van der Waals surface area (Å²) in [7, 11) is 1.11. The molecule has 0 aliphatic heterocycles. The number of nitrogens with one attached hydrogen (secondary N) is 1. The third-order valence-corrected chi connectivity index (χ3v) is 3.61. The third-order valence-electron chi connectivity index (χ3n) is 2.60. The molecule has 0 fully saturated rings. The van der Waals surface area contributed by atoms with Gasteiger partial charge in [-0.15, -0.1) is 11.3 Å². The summed E-state index contributed by atoms with van der Waals surface area (Å²) >= 11 is 1.68. The number of hydrogen-bond donors (Lipinski definition) is 2. The lowest BCUT2D eigenvalue weighted by molar-refractivity contribution is -0.118. The number of hydrogen-bond acceptors (Lipinski definition) is 3. The molecule has 2 aromatic rings. The van der Waals surface area contributed by atoms with Gasteiger partial charge in [-0.25, -0.2) is 0 Å². The van der Waals surface area contributed by atoms with E-state index in [1.807, 2.05) is 18.2 Å². The van der Waals surface area contributed by atoms with E-state index in [1.165, 1.54) is 17.2 Å². The Balaban J connectivity index is 2.19. The Labute approximate surface area is 105 Å². The average molecular weight is 246 g/mol. The number of carbonyl (C=O) groups is 1. The van der Waals surface area contributed by atoms with Crippen molar-refractivity contribution in [3.05, 3.63) is 29.1 Å². The summed E-state index contributed by atoms with van der Waals surface area (Å²) in [5, 5.41) is 15.0. The standard InChI is InChI=1S/C12H13BNO2S/c1-8(15)14-5-4-9-7-17-12-3-2-10(13-16)6-11(9)12/h2-3,6-7,16H,4-5H2,1H3,(H,14,15). The molecule has 0 aliphatic carbocycles. The van der Waals surface area contributed by atoms with E-state index in [9.17, 15) is 4.79 Å². The molecule has 87 valence electrons. The SMILES string of the molecule is CC(=O)NCCc1csc2ccc([B]O)cc12. The lowest BCUT2D eigenvalue weighted by Crippen LogP contribution is -2.22. The van der Waals surface area contributed by atoms with E-state index in [0.717, 1.165) is 24.8 Å². The number of benzene rings is 1. The van der Waals surface area contributed by atoms with Crippen LogP contribution in [0.25, 0.3) is 10.1 Å². The Bertz CT molecular complexity index is 538. The molecule has 5 heteroatoms. The molecular weight excluding hydrogens is 233 g/mol. The minimum atomic E-state index is -0.00563. The van der Waals surface area contributed by atoms with Gasteiger partial charge >= 0.3 is 7.48 Å². The van der Waals surface area contributed by atoms with Crippen molar-refractivity contribution in [2.24, 2.45) is 0 Å². The maximum absolute atomic E-state index is 10.8. The van der Waals surface area contributed by atoms with Gasteiger partial charge in [0.1, 0.15) is 0 Å². The van der Waals surface area contributed by atoms with Crippen molar-refractivity contribution >= 4 is 40.3 Å². The monoisotopic (exact) mass is 246 g/mol. The first kappa shape index (κ1) is 12.1. The van der Waals surface area contributed by atoms with E-state index >= 15 is 0 Å². The first-order valence-electron chi connectivity index (χ1n) is 5.42. The fraction of sp³-hybridized carbons (Fsp3) is 0.250. The quantitative estimate of drug-likeness (QED) is 0.784. The average Bonchev–Trinajstić information content (AvgIpc) is 2.71. The summed E-state index contributed by atoms with van der Waals surface area (Å²) in [4.78, 5) is 10.8. The zero-order valence-corrected chi connectivity index (χ0v) is 10.4. The van der Waals surface area contributed by atoms with Crippen molar-refractivity contribution in [2.75, 3.05) is 6.54 Å². The third kappa shape index (κ3) is 2.87. The van der Waals surface area contributed by atoms with Gasteiger partial charge in [0, 0.05) is 18.2 Å². The molecule has 0 unspecified atom stereocenters. The van der Waals surface area contributed by atoms with E-state index < -0.39 is 0 Å². The molecule has 1 radical (unpaired) electrons. The first-order chi connectivity index (χ1) is 8.20. The summed E-state index contributed by atoms with van der Waals surface area (Å²) < 4.78 is 1.20. The van der Waals surface area contributed by atoms with Gasteiger partial charge in [-0.1, -0.05) is 17.6 Å². The highest BCUT2D eigenvalue weighted by Crippen LogP contribution is 2.25. The highest BCUT2D eigenvalue weighted by Gasteiger charge is 2.05. The van der Waals surface area contributed by atoms with E-state index in [2.05, 4.69) is 10.7 Å². The van der Waals surface area contributed by atoms with Crippen LogP contribution >= 0.6 is 11.3 Å². The topological polar surface area (TPSA) is 49.3 Å². The van der Waals surface area contributed by atoms with Gasteiger partial charge in [-0.3, -0.25) is 4.79 Å². The molecule has 2 rings (SSSR count). The molecule has 0 spiro atoms. The van der Waals surface area contributed by atoms with Gasteiger partial charge in [0.25, 0.3) is 0 Å². The van der Waals surface area contributed by atoms with Crippen LogP contribution in [0.4, 0.5) is 0 Å². The summed E-state index contributed by atoms with van der Waals surface area (Å²) in [5.74, 6) is -0.00563. The smallest absolute Gasteiger partial charge is 0.326 e. The number of rotatable bonds is 4. The molecule has 17 heavy (non-hydrogen) atoms. The molecule has 0 bridgehead atoms. The Morgan fingerprint density at radius 3 is 3.06 bits per heavy atom. The van der Waals surface area contributed by atoms with E-state index in [-0.39, 0.29) is 5.91 Å². The first-order valence-corrected chi connectivity index (χ1v) is 6.30. The van der Waals surface area contributed by atoms with Gasteiger partial charge in [-0.2, -0.15) is 0 Å². The van der Waals surface area contributed by atoms with Crippen LogP contribution < -0.4 is 10.8 Å². The van der Waals surface area contributed by atoms with Crippen LogP contribution in [0, 0.1) is 0 Å². The predicted octanol–water partition coefficient (Wildman–Crippen LogP) is 0.817. The summed E-state index contributed by atoms with van der Waals surface area (Å²) in [6.45, 7) is 2.17. The van der Waals surface area contributed by atoms with Gasteiger partial charge in [0.05, 0.1) is 0 Å². The van der Waals surface area contributed by atoms with Crippen LogP contribution in [0.1, 0.15) is 12.5 Å². The highest BCUT2D eigenvalue weighted by atomic mass is 32.1. The van der Waals surface area contributed by atoms with E-state index in [4.69, 9.17) is 5.02 Å². The van der Waals surface area contributed by atoms with Gasteiger partial charge in [0.2, 0.25) is 5.91 Å². The molecule has 0 saturated carbocycles. The van der Waals surface area contributed by atoms with Crippen LogP contribution in [0.2, 0.25) is 0 Å². The normalized spacial score (nSPS) is 10.5. The Morgan fingerprint density at radius 2 is 2.35 bits per heavy atom. The van der Waals surface area contributed by atoms with Crippen LogP contribution in [0.15, 0.2) is 23.6 Å². The number of thiophene rings is 1. The molecule has 1 heterocycles. The Hall–Kier alpha value is -1.33. The molecule has 0 aliphatic rings. The molecule has 1 aromatic carbocycles. The van der Waals surface area contributed by atoms with E-state index in [1.54, 1.807) is 11.3 Å². The minimum Gasteiger partial charge on any atom is -0.450 e. The Kier molecular flexibility index (Phi) is 3.81. The maximum atomic E-state index is 10.8. The van der Waals surface area contributed by atoms with Crippen molar-refractivity contribution in [3.63, 3.8) is 0 Å². The molecule has 0 atom stereocenters. The van der Waals surface area contributed by atoms with Crippen molar-refractivity contribution in [2.45, 2.75) is 13.3 Å². The fourth-order valence-electron chi connectivity index (χ4n) is 1.75. The van der Waals surface area contributed by atoms with E-state index in [0.29, 0.717) is 6.54 Å². The molecular formula is C12H13BNO2S. The second-order valence-electron chi connectivity index (χ2n) is 3.88. The summed E-state index contributed by atoms with van der Waals surface area (Å²) in [5.41, 5.74) is 2.01. The Morgan fingerprint density at radius 1 is 1.53 bits per heavy atom. The van der Waals surface area contributed by atoms with Gasteiger partial charge < -0.3 is 10.3 Å². The molecule has 3 nitrogen and oxygen atoms in total. The lowest BCUT2D eigenvalue weighted by Gasteiger charge is -2.02. The largest absolute Gasteiger partial charge is 0.450 e. The molecule has 1 aromatic heterocycles. The summed E-state index contributed by atoms with van der Waals surface area (Å²) in [6.07, 6.45) is 0.814. The van der Waals surface area contributed by atoms with Crippen LogP contribution in [-0.2, 0) is 11.2 Å². The minimum absolute atomic E-state index is 0.00563. The number of amides is 1. The number of carbonyl (C=O) groups excluding carboxylic acids is 1. The van der Waals surface area contributed by atoms with Crippen molar-refractivity contribution in [1.29, 1.82) is 0 Å². The second kappa shape index (κ2) is 5.34.